The molecule has 24 heavy (non-hydrogen) atoms. The zero-order chi connectivity index (χ0) is 17.7. The minimum absolute atomic E-state index is 0.152. The van der Waals surface area contributed by atoms with Gasteiger partial charge >= 0.3 is 0 Å². The van der Waals surface area contributed by atoms with Crippen LogP contribution in [0.3, 0.4) is 0 Å². The molecule has 1 aromatic rings. The first kappa shape index (κ1) is 18.5. The van der Waals surface area contributed by atoms with Gasteiger partial charge < -0.3 is 24.1 Å². The first-order chi connectivity index (χ1) is 11.2. The van der Waals surface area contributed by atoms with Crippen molar-refractivity contribution in [2.24, 2.45) is 5.92 Å². The summed E-state index contributed by atoms with van der Waals surface area (Å²) in [5, 5.41) is 9.62. The van der Waals surface area contributed by atoms with Crippen LogP contribution in [0.25, 0.3) is 0 Å². The maximum Gasteiger partial charge on any atom is 0.289 e. The maximum atomic E-state index is 12.7. The second kappa shape index (κ2) is 7.84. The second-order valence-electron chi connectivity index (χ2n) is 6.93. The standard InChI is InChI=1S/C18H26N2O4/c1-18(2,22)8-7-15-5-6-16(24-15)17(21)20-9-10-23-13-14(12-20)11-19(3)4/h5-6,14,22H,9-13H2,1-4H3. The number of hydrogen-bond donors (Lipinski definition) is 1. The molecule has 0 radical (unpaired) electrons. The Bertz CT molecular complexity index is 619. The fourth-order valence-corrected chi connectivity index (χ4v) is 2.58. The molecule has 0 saturated carbocycles. The van der Waals surface area contributed by atoms with E-state index in [4.69, 9.17) is 9.15 Å². The average Bonchev–Trinajstić information content (AvgIpc) is 2.83. The van der Waals surface area contributed by atoms with Gasteiger partial charge in [0.05, 0.1) is 13.2 Å². The molecule has 2 heterocycles. The molecule has 0 bridgehead atoms. The fraction of sp³-hybridized carbons (Fsp3) is 0.611. The zero-order valence-electron chi connectivity index (χ0n) is 14.8. The number of aliphatic hydroxyl groups is 1. The summed E-state index contributed by atoms with van der Waals surface area (Å²) in [5.74, 6) is 6.17. The maximum absolute atomic E-state index is 12.7. The highest BCUT2D eigenvalue weighted by Gasteiger charge is 2.25. The van der Waals surface area contributed by atoms with Crippen LogP contribution in [0.5, 0.6) is 0 Å². The molecule has 1 fully saturated rings. The van der Waals surface area contributed by atoms with Crippen LogP contribution < -0.4 is 0 Å². The van der Waals surface area contributed by atoms with Gasteiger partial charge in [0.2, 0.25) is 0 Å². The van der Waals surface area contributed by atoms with Crippen molar-refractivity contribution in [1.82, 2.24) is 9.80 Å². The zero-order valence-corrected chi connectivity index (χ0v) is 14.8. The molecule has 0 aromatic carbocycles. The molecule has 1 saturated heterocycles. The third kappa shape index (κ3) is 5.68. The molecule has 0 spiro atoms. The Morgan fingerprint density at radius 1 is 1.46 bits per heavy atom. The first-order valence-corrected chi connectivity index (χ1v) is 8.12. The Kier molecular flexibility index (Phi) is 6.05. The van der Waals surface area contributed by atoms with Gasteiger partial charge in [-0.2, -0.15) is 0 Å². The SMILES string of the molecule is CN(C)CC1COCCN(C(=O)c2ccc(C#CC(C)(C)O)o2)C1. The van der Waals surface area contributed by atoms with Crippen LogP contribution in [0.4, 0.5) is 0 Å². The number of carbonyl (C=O) groups excluding carboxylic acids is 1. The Morgan fingerprint density at radius 3 is 2.88 bits per heavy atom. The lowest BCUT2D eigenvalue weighted by Gasteiger charge is -2.24. The number of carbonyl (C=O) groups is 1. The van der Waals surface area contributed by atoms with Gasteiger partial charge in [0, 0.05) is 25.6 Å². The van der Waals surface area contributed by atoms with E-state index in [0.29, 0.717) is 32.1 Å². The highest BCUT2D eigenvalue weighted by Crippen LogP contribution is 2.14. The van der Waals surface area contributed by atoms with E-state index >= 15 is 0 Å². The van der Waals surface area contributed by atoms with Crippen LogP contribution in [0.2, 0.25) is 0 Å². The monoisotopic (exact) mass is 334 g/mol. The number of rotatable bonds is 3. The number of nitrogens with zero attached hydrogens (tertiary/aromatic N) is 2. The van der Waals surface area contributed by atoms with E-state index < -0.39 is 5.60 Å². The molecule has 1 aromatic heterocycles. The number of hydrogen-bond acceptors (Lipinski definition) is 5. The molecular formula is C18H26N2O4. The van der Waals surface area contributed by atoms with Crippen LogP contribution in [-0.4, -0.2) is 73.4 Å². The largest absolute Gasteiger partial charge is 0.443 e. The molecule has 6 heteroatoms. The summed E-state index contributed by atoms with van der Waals surface area (Å²) < 4.78 is 11.1. The Morgan fingerprint density at radius 2 is 2.21 bits per heavy atom. The molecular weight excluding hydrogens is 308 g/mol. The molecule has 0 aliphatic carbocycles. The minimum atomic E-state index is -1.10. The van der Waals surface area contributed by atoms with Crippen LogP contribution in [0.1, 0.15) is 30.2 Å². The van der Waals surface area contributed by atoms with Crippen molar-refractivity contribution in [3.8, 4) is 11.8 Å². The molecule has 1 N–H and O–H groups in total. The van der Waals surface area contributed by atoms with Crippen molar-refractivity contribution in [1.29, 1.82) is 0 Å². The van der Waals surface area contributed by atoms with Gasteiger partial charge in [0.15, 0.2) is 11.5 Å². The minimum Gasteiger partial charge on any atom is -0.443 e. The predicted molar refractivity (Wildman–Crippen MR) is 90.7 cm³/mol. The normalized spacial score (nSPS) is 18.9. The summed E-state index contributed by atoms with van der Waals surface area (Å²) in [6.45, 7) is 6.43. The van der Waals surface area contributed by atoms with Gasteiger partial charge in [-0.15, -0.1) is 0 Å². The smallest absolute Gasteiger partial charge is 0.289 e. The van der Waals surface area contributed by atoms with E-state index in [1.807, 2.05) is 14.1 Å². The van der Waals surface area contributed by atoms with E-state index in [2.05, 4.69) is 16.7 Å². The third-order valence-electron chi connectivity index (χ3n) is 3.56. The van der Waals surface area contributed by atoms with Crippen molar-refractivity contribution in [2.45, 2.75) is 19.4 Å². The molecule has 1 amide bonds. The lowest BCUT2D eigenvalue weighted by atomic mass is 10.1. The second-order valence-corrected chi connectivity index (χ2v) is 6.93. The lowest BCUT2D eigenvalue weighted by molar-refractivity contribution is 0.0702. The highest BCUT2D eigenvalue weighted by atomic mass is 16.5. The summed E-state index contributed by atoms with van der Waals surface area (Å²) in [4.78, 5) is 16.5. The lowest BCUT2D eigenvalue weighted by Crippen LogP contribution is -2.38. The van der Waals surface area contributed by atoms with E-state index in [0.717, 1.165) is 6.54 Å². The van der Waals surface area contributed by atoms with Gasteiger partial charge in [0.1, 0.15) is 5.60 Å². The molecule has 2 rings (SSSR count). The quantitative estimate of drug-likeness (QED) is 0.837. The van der Waals surface area contributed by atoms with E-state index in [9.17, 15) is 9.90 Å². The molecule has 1 unspecified atom stereocenters. The van der Waals surface area contributed by atoms with E-state index in [1.165, 1.54) is 0 Å². The van der Waals surface area contributed by atoms with Crippen molar-refractivity contribution in [3.63, 3.8) is 0 Å². The number of furan rings is 1. The summed E-state index contributed by atoms with van der Waals surface area (Å²) in [6.07, 6.45) is 0. The molecule has 1 atom stereocenters. The van der Waals surface area contributed by atoms with Gasteiger partial charge in [-0.1, -0.05) is 5.92 Å². The van der Waals surface area contributed by atoms with Gasteiger partial charge in [-0.3, -0.25) is 4.79 Å². The van der Waals surface area contributed by atoms with Crippen molar-refractivity contribution >= 4 is 5.91 Å². The Balaban J connectivity index is 2.07. The Labute approximate surface area is 143 Å². The summed E-state index contributed by atoms with van der Waals surface area (Å²) in [7, 11) is 4.02. The third-order valence-corrected chi connectivity index (χ3v) is 3.56. The van der Waals surface area contributed by atoms with Crippen molar-refractivity contribution in [2.75, 3.05) is 46.9 Å². The number of amides is 1. The molecule has 6 nitrogen and oxygen atoms in total. The van der Waals surface area contributed by atoms with Crippen LogP contribution in [0, 0.1) is 17.8 Å². The molecule has 1 aliphatic heterocycles. The van der Waals surface area contributed by atoms with Crippen LogP contribution >= 0.6 is 0 Å². The molecule has 1 aliphatic rings. The molecule has 132 valence electrons. The van der Waals surface area contributed by atoms with Crippen molar-refractivity contribution < 1.29 is 19.1 Å². The van der Waals surface area contributed by atoms with Crippen LogP contribution in [0.15, 0.2) is 16.5 Å². The van der Waals surface area contributed by atoms with Gasteiger partial charge in [-0.25, -0.2) is 0 Å². The highest BCUT2D eigenvalue weighted by molar-refractivity contribution is 5.91. The van der Waals surface area contributed by atoms with Gasteiger partial charge in [0.25, 0.3) is 5.91 Å². The summed E-state index contributed by atoms with van der Waals surface area (Å²) in [5.41, 5.74) is -1.10. The topological polar surface area (TPSA) is 66.2 Å². The Hall–Kier alpha value is -1.81. The predicted octanol–water partition coefficient (Wildman–Crippen LogP) is 1.05. The van der Waals surface area contributed by atoms with Crippen molar-refractivity contribution in [3.05, 3.63) is 23.7 Å². The first-order valence-electron chi connectivity index (χ1n) is 8.12. The average molecular weight is 334 g/mol. The van der Waals surface area contributed by atoms with Gasteiger partial charge in [-0.05, 0) is 46.0 Å². The summed E-state index contributed by atoms with van der Waals surface area (Å²) >= 11 is 0. The summed E-state index contributed by atoms with van der Waals surface area (Å²) in [6, 6.07) is 3.28. The number of ether oxygens (including phenoxy) is 1. The van der Waals surface area contributed by atoms with E-state index in [-0.39, 0.29) is 17.6 Å². The van der Waals surface area contributed by atoms with Crippen LogP contribution in [-0.2, 0) is 4.74 Å². The van der Waals surface area contributed by atoms with E-state index in [1.54, 1.807) is 30.9 Å². The fourth-order valence-electron chi connectivity index (χ4n) is 2.58.